The average molecular weight is 368 g/mol. The standard InChI is InChI=1S/C22H28N2O3/c1-7-13-24-17(6)19(16(5)20(24)22(26)27-9-3)21(25)23(8-2)18-12-10-11-15(4)14-18/h7,10-12,14H,1,8-9,13H2,2-6H3. The molecule has 0 bridgehead atoms. The lowest BCUT2D eigenvalue weighted by atomic mass is 10.1. The van der Waals surface area contributed by atoms with Gasteiger partial charge in [-0.1, -0.05) is 18.2 Å². The number of hydrogen-bond donors (Lipinski definition) is 0. The Morgan fingerprint density at radius 1 is 1.22 bits per heavy atom. The predicted octanol–water partition coefficient (Wildman–Crippen LogP) is 4.44. The summed E-state index contributed by atoms with van der Waals surface area (Å²) < 4.78 is 7.02. The van der Waals surface area contributed by atoms with E-state index >= 15 is 0 Å². The number of benzene rings is 1. The first-order valence-electron chi connectivity index (χ1n) is 9.23. The van der Waals surface area contributed by atoms with Crippen molar-refractivity contribution in [3.8, 4) is 0 Å². The average Bonchev–Trinajstić information content (AvgIpc) is 2.86. The van der Waals surface area contributed by atoms with Crippen molar-refractivity contribution >= 4 is 17.6 Å². The van der Waals surface area contributed by atoms with Crippen molar-refractivity contribution in [3.05, 3.63) is 65.0 Å². The second-order valence-corrected chi connectivity index (χ2v) is 6.44. The fourth-order valence-corrected chi connectivity index (χ4v) is 3.40. The quantitative estimate of drug-likeness (QED) is 0.536. The molecule has 144 valence electrons. The Kier molecular flexibility index (Phi) is 6.61. The maximum Gasteiger partial charge on any atom is 0.355 e. The zero-order valence-electron chi connectivity index (χ0n) is 16.8. The highest BCUT2D eigenvalue weighted by Gasteiger charge is 2.29. The van der Waals surface area contributed by atoms with Crippen LogP contribution < -0.4 is 4.90 Å². The molecule has 5 heteroatoms. The predicted molar refractivity (Wildman–Crippen MR) is 109 cm³/mol. The van der Waals surface area contributed by atoms with Gasteiger partial charge >= 0.3 is 5.97 Å². The van der Waals surface area contributed by atoms with Gasteiger partial charge < -0.3 is 14.2 Å². The number of esters is 1. The van der Waals surface area contributed by atoms with Crippen LogP contribution in [0.2, 0.25) is 0 Å². The molecule has 0 unspecified atom stereocenters. The van der Waals surface area contributed by atoms with Crippen LogP contribution in [0.4, 0.5) is 5.69 Å². The molecule has 0 aliphatic rings. The molecule has 2 rings (SSSR count). The third-order valence-corrected chi connectivity index (χ3v) is 4.64. The molecule has 0 aliphatic carbocycles. The summed E-state index contributed by atoms with van der Waals surface area (Å²) in [6.45, 7) is 14.4. The molecule has 27 heavy (non-hydrogen) atoms. The van der Waals surface area contributed by atoms with E-state index in [1.54, 1.807) is 29.4 Å². The normalized spacial score (nSPS) is 10.6. The van der Waals surface area contributed by atoms with Crippen molar-refractivity contribution in [2.75, 3.05) is 18.1 Å². The van der Waals surface area contributed by atoms with Gasteiger partial charge in [0.05, 0.1) is 12.2 Å². The van der Waals surface area contributed by atoms with Gasteiger partial charge in [0.2, 0.25) is 0 Å². The van der Waals surface area contributed by atoms with Gasteiger partial charge in [-0.05, 0) is 57.9 Å². The molecule has 5 nitrogen and oxygen atoms in total. The van der Waals surface area contributed by atoms with E-state index in [9.17, 15) is 9.59 Å². The first kappa shape index (κ1) is 20.5. The van der Waals surface area contributed by atoms with E-state index in [0.717, 1.165) is 16.9 Å². The zero-order valence-corrected chi connectivity index (χ0v) is 16.8. The monoisotopic (exact) mass is 368 g/mol. The summed E-state index contributed by atoms with van der Waals surface area (Å²) in [5.41, 5.74) is 4.27. The number of anilines is 1. The van der Waals surface area contributed by atoms with E-state index in [1.807, 2.05) is 45.0 Å². The lowest BCUT2D eigenvalue weighted by Gasteiger charge is -2.22. The number of carbonyl (C=O) groups is 2. The van der Waals surface area contributed by atoms with Crippen LogP contribution >= 0.6 is 0 Å². The molecule has 0 saturated heterocycles. The molecular weight excluding hydrogens is 340 g/mol. The Morgan fingerprint density at radius 2 is 1.93 bits per heavy atom. The largest absolute Gasteiger partial charge is 0.461 e. The lowest BCUT2D eigenvalue weighted by Crippen LogP contribution is -2.31. The van der Waals surface area contributed by atoms with Gasteiger partial charge in [0, 0.05) is 24.5 Å². The minimum atomic E-state index is -0.419. The number of carbonyl (C=O) groups excluding carboxylic acids is 2. The summed E-state index contributed by atoms with van der Waals surface area (Å²) in [7, 11) is 0. The summed E-state index contributed by atoms with van der Waals surface area (Å²) in [5, 5.41) is 0. The Morgan fingerprint density at radius 3 is 2.48 bits per heavy atom. The molecule has 2 aromatic rings. The first-order chi connectivity index (χ1) is 12.9. The number of hydrogen-bond acceptors (Lipinski definition) is 3. The van der Waals surface area contributed by atoms with Gasteiger partial charge in [0.25, 0.3) is 5.91 Å². The zero-order chi connectivity index (χ0) is 20.1. The molecule has 1 aromatic heterocycles. The van der Waals surface area contributed by atoms with Crippen LogP contribution in [0, 0.1) is 20.8 Å². The first-order valence-corrected chi connectivity index (χ1v) is 9.23. The van der Waals surface area contributed by atoms with Gasteiger partial charge in [0.1, 0.15) is 5.69 Å². The maximum atomic E-state index is 13.4. The van der Waals surface area contributed by atoms with E-state index in [2.05, 4.69) is 6.58 Å². The molecule has 0 saturated carbocycles. The van der Waals surface area contributed by atoms with Crippen LogP contribution in [0.5, 0.6) is 0 Å². The van der Waals surface area contributed by atoms with Gasteiger partial charge in [-0.2, -0.15) is 0 Å². The summed E-state index contributed by atoms with van der Waals surface area (Å²) >= 11 is 0. The van der Waals surface area contributed by atoms with Crippen LogP contribution in [-0.4, -0.2) is 29.6 Å². The molecule has 0 atom stereocenters. The summed E-state index contributed by atoms with van der Waals surface area (Å²) in [6.07, 6.45) is 1.71. The lowest BCUT2D eigenvalue weighted by molar-refractivity contribution is 0.0513. The highest BCUT2D eigenvalue weighted by atomic mass is 16.5. The molecule has 1 aromatic carbocycles. The molecule has 0 fully saturated rings. The summed E-state index contributed by atoms with van der Waals surface area (Å²) in [4.78, 5) is 27.6. The summed E-state index contributed by atoms with van der Waals surface area (Å²) in [5.74, 6) is -0.538. The number of nitrogens with zero attached hydrogens (tertiary/aromatic N) is 2. The van der Waals surface area contributed by atoms with E-state index in [-0.39, 0.29) is 12.5 Å². The molecule has 0 N–H and O–H groups in total. The molecule has 0 spiro atoms. The van der Waals surface area contributed by atoms with Crippen LogP contribution in [0.25, 0.3) is 0 Å². The number of rotatable bonds is 7. The van der Waals surface area contributed by atoms with Crippen molar-refractivity contribution < 1.29 is 14.3 Å². The smallest absolute Gasteiger partial charge is 0.355 e. The van der Waals surface area contributed by atoms with Crippen LogP contribution in [0.15, 0.2) is 36.9 Å². The molecular formula is C22H28N2O3. The van der Waals surface area contributed by atoms with Crippen LogP contribution in [0.3, 0.4) is 0 Å². The maximum absolute atomic E-state index is 13.4. The van der Waals surface area contributed by atoms with Crippen molar-refractivity contribution in [3.63, 3.8) is 0 Å². The number of aromatic nitrogens is 1. The van der Waals surface area contributed by atoms with E-state index < -0.39 is 5.97 Å². The second-order valence-electron chi connectivity index (χ2n) is 6.44. The SMILES string of the molecule is C=CCn1c(C)c(C(=O)N(CC)c2cccc(C)c2)c(C)c1C(=O)OCC. The molecule has 1 amide bonds. The molecule has 0 radical (unpaired) electrons. The van der Waals surface area contributed by atoms with Gasteiger partial charge in [-0.15, -0.1) is 6.58 Å². The number of aryl methyl sites for hydroxylation is 1. The third kappa shape index (κ3) is 3.97. The number of allylic oxidation sites excluding steroid dienone is 1. The minimum absolute atomic E-state index is 0.119. The van der Waals surface area contributed by atoms with Crippen molar-refractivity contribution in [2.24, 2.45) is 0 Å². The Hall–Kier alpha value is -2.82. The van der Waals surface area contributed by atoms with Gasteiger partial charge in [-0.25, -0.2) is 4.79 Å². The highest BCUT2D eigenvalue weighted by Crippen LogP contribution is 2.27. The van der Waals surface area contributed by atoms with Crippen LogP contribution in [-0.2, 0) is 11.3 Å². The minimum Gasteiger partial charge on any atom is -0.461 e. The number of amides is 1. The van der Waals surface area contributed by atoms with Crippen LogP contribution in [0.1, 0.15) is 51.5 Å². The molecule has 1 heterocycles. The van der Waals surface area contributed by atoms with Crippen molar-refractivity contribution in [1.29, 1.82) is 0 Å². The Balaban J connectivity index is 2.59. The third-order valence-electron chi connectivity index (χ3n) is 4.64. The van der Waals surface area contributed by atoms with Gasteiger partial charge in [-0.3, -0.25) is 4.79 Å². The van der Waals surface area contributed by atoms with E-state index in [0.29, 0.717) is 29.9 Å². The number of ether oxygens (including phenoxy) is 1. The fraction of sp³-hybridized carbons (Fsp3) is 0.364. The van der Waals surface area contributed by atoms with E-state index in [4.69, 9.17) is 4.74 Å². The molecule has 0 aliphatic heterocycles. The fourth-order valence-electron chi connectivity index (χ4n) is 3.40. The highest BCUT2D eigenvalue weighted by molar-refractivity contribution is 6.09. The topological polar surface area (TPSA) is 51.5 Å². The van der Waals surface area contributed by atoms with E-state index in [1.165, 1.54) is 0 Å². The van der Waals surface area contributed by atoms with Crippen molar-refractivity contribution in [2.45, 2.75) is 41.2 Å². The Bertz CT molecular complexity index is 865. The second kappa shape index (κ2) is 8.71. The Labute approximate surface area is 161 Å². The summed E-state index contributed by atoms with van der Waals surface area (Å²) in [6, 6.07) is 7.84. The van der Waals surface area contributed by atoms with Gasteiger partial charge in [0.15, 0.2) is 0 Å². The van der Waals surface area contributed by atoms with Crippen molar-refractivity contribution in [1.82, 2.24) is 4.57 Å².